The Morgan fingerprint density at radius 3 is 2.62 bits per heavy atom. The van der Waals surface area contributed by atoms with Crippen LogP contribution in [0.3, 0.4) is 0 Å². The molecule has 0 aliphatic carbocycles. The van der Waals surface area contributed by atoms with Crippen molar-refractivity contribution in [3.63, 3.8) is 0 Å². The van der Waals surface area contributed by atoms with Crippen molar-refractivity contribution in [2.45, 2.75) is 30.5 Å². The Labute approximate surface area is 132 Å². The van der Waals surface area contributed by atoms with Gasteiger partial charge < -0.3 is 5.32 Å². The Kier molecular flexibility index (Phi) is 6.91. The van der Waals surface area contributed by atoms with Crippen molar-refractivity contribution in [1.82, 2.24) is 4.72 Å². The van der Waals surface area contributed by atoms with E-state index in [1.807, 2.05) is 13.2 Å². The Morgan fingerprint density at radius 2 is 2.14 bits per heavy atom. The highest BCUT2D eigenvalue weighted by atomic mass is 32.2. The molecule has 10 heteroatoms. The summed E-state index contributed by atoms with van der Waals surface area (Å²) in [7, 11) is -3.74. The standard InChI is InChI=1S/C11H19N3O4S3/c1-4-8(7-19-3)13-21(17,18)10-6-9(14(15)16)11(20-10)12-5-2/h6,8,12-13H,4-5,7H2,1-3H3. The second kappa shape index (κ2) is 7.97. The molecule has 0 spiro atoms. The number of rotatable bonds is 9. The van der Waals surface area contributed by atoms with Gasteiger partial charge in [-0.05, 0) is 19.6 Å². The molecule has 21 heavy (non-hydrogen) atoms. The van der Waals surface area contributed by atoms with E-state index in [9.17, 15) is 18.5 Å². The van der Waals surface area contributed by atoms with Crippen molar-refractivity contribution < 1.29 is 13.3 Å². The first kappa shape index (κ1) is 18.2. The Morgan fingerprint density at radius 1 is 1.48 bits per heavy atom. The van der Waals surface area contributed by atoms with Gasteiger partial charge in [-0.15, -0.1) is 0 Å². The largest absolute Gasteiger partial charge is 0.372 e. The van der Waals surface area contributed by atoms with E-state index in [2.05, 4.69) is 10.0 Å². The molecule has 0 aromatic carbocycles. The topological polar surface area (TPSA) is 101 Å². The van der Waals surface area contributed by atoms with Crippen LogP contribution < -0.4 is 10.0 Å². The van der Waals surface area contributed by atoms with Crippen LogP contribution in [-0.2, 0) is 10.0 Å². The SMILES string of the molecule is CCNc1sc(S(=O)(=O)NC(CC)CSC)cc1[N+](=O)[O-]. The van der Waals surface area contributed by atoms with E-state index in [1.165, 1.54) is 0 Å². The predicted molar refractivity (Wildman–Crippen MR) is 87.9 cm³/mol. The highest BCUT2D eigenvalue weighted by molar-refractivity contribution is 7.98. The molecule has 0 saturated carbocycles. The number of nitrogens with one attached hydrogen (secondary N) is 2. The lowest BCUT2D eigenvalue weighted by molar-refractivity contribution is -0.383. The normalized spacial score (nSPS) is 13.1. The lowest BCUT2D eigenvalue weighted by atomic mass is 10.3. The zero-order valence-corrected chi connectivity index (χ0v) is 14.5. The molecule has 0 saturated heterocycles. The molecule has 1 aromatic heterocycles. The van der Waals surface area contributed by atoms with E-state index < -0.39 is 14.9 Å². The highest BCUT2D eigenvalue weighted by Crippen LogP contribution is 2.36. The van der Waals surface area contributed by atoms with Gasteiger partial charge in [-0.25, -0.2) is 13.1 Å². The first-order valence-corrected chi connectivity index (χ1v) is 10.1. The van der Waals surface area contributed by atoms with Crippen molar-refractivity contribution in [2.75, 3.05) is 23.9 Å². The lowest BCUT2D eigenvalue weighted by Gasteiger charge is -2.14. The van der Waals surface area contributed by atoms with Crippen LogP contribution in [0.5, 0.6) is 0 Å². The van der Waals surface area contributed by atoms with Crippen molar-refractivity contribution >= 4 is 43.8 Å². The van der Waals surface area contributed by atoms with Crippen LogP contribution in [0.15, 0.2) is 10.3 Å². The molecule has 0 fully saturated rings. The molecule has 120 valence electrons. The van der Waals surface area contributed by atoms with E-state index in [-0.39, 0.29) is 20.9 Å². The van der Waals surface area contributed by atoms with Crippen molar-refractivity contribution in [3.05, 3.63) is 16.2 Å². The number of nitro groups is 1. The molecule has 1 atom stereocenters. The second-order valence-corrected chi connectivity index (χ2v) is 8.15. The van der Waals surface area contributed by atoms with Gasteiger partial charge in [0.15, 0.2) is 5.00 Å². The summed E-state index contributed by atoms with van der Waals surface area (Å²) in [6.45, 7) is 4.17. The molecule has 0 radical (unpaired) electrons. The quantitative estimate of drug-likeness (QED) is 0.522. The van der Waals surface area contributed by atoms with Gasteiger partial charge in [-0.2, -0.15) is 11.8 Å². The molecule has 1 rings (SSSR count). The van der Waals surface area contributed by atoms with Crippen LogP contribution >= 0.6 is 23.1 Å². The lowest BCUT2D eigenvalue weighted by Crippen LogP contribution is -2.35. The van der Waals surface area contributed by atoms with Crippen LogP contribution in [-0.4, -0.2) is 37.9 Å². The predicted octanol–water partition coefficient (Wildman–Crippen LogP) is 2.51. The van der Waals surface area contributed by atoms with Gasteiger partial charge >= 0.3 is 5.69 Å². The molecule has 7 nitrogen and oxygen atoms in total. The molecule has 1 unspecified atom stereocenters. The summed E-state index contributed by atoms with van der Waals surface area (Å²) in [4.78, 5) is 10.4. The van der Waals surface area contributed by atoms with Gasteiger partial charge in [0.2, 0.25) is 0 Å². The molecular weight excluding hydrogens is 334 g/mol. The molecule has 0 aliphatic heterocycles. The fourth-order valence-corrected chi connectivity index (χ4v) is 5.19. The van der Waals surface area contributed by atoms with Crippen LogP contribution in [0, 0.1) is 10.1 Å². The molecular formula is C11H19N3O4S3. The second-order valence-electron chi connectivity index (χ2n) is 4.25. The number of nitrogens with zero attached hydrogens (tertiary/aromatic N) is 1. The van der Waals surface area contributed by atoms with E-state index in [0.717, 1.165) is 17.4 Å². The van der Waals surface area contributed by atoms with Gasteiger partial charge in [0.05, 0.1) is 4.92 Å². The average molecular weight is 353 g/mol. The van der Waals surface area contributed by atoms with Crippen LogP contribution in [0.2, 0.25) is 0 Å². The monoisotopic (exact) mass is 353 g/mol. The zero-order chi connectivity index (χ0) is 16.0. The molecule has 0 amide bonds. The number of sulfonamides is 1. The van der Waals surface area contributed by atoms with Gasteiger partial charge in [0.25, 0.3) is 10.0 Å². The van der Waals surface area contributed by atoms with Crippen LogP contribution in [0.25, 0.3) is 0 Å². The summed E-state index contributed by atoms with van der Waals surface area (Å²) in [6, 6.07) is 0.922. The fourth-order valence-electron chi connectivity index (χ4n) is 1.63. The van der Waals surface area contributed by atoms with Crippen LogP contribution in [0.1, 0.15) is 20.3 Å². The third-order valence-corrected chi connectivity index (χ3v) is 6.48. The minimum absolute atomic E-state index is 0.0373. The molecule has 0 aliphatic rings. The van der Waals surface area contributed by atoms with Gasteiger partial charge in [-0.1, -0.05) is 18.3 Å². The van der Waals surface area contributed by atoms with Gasteiger partial charge in [-0.3, -0.25) is 10.1 Å². The van der Waals surface area contributed by atoms with Crippen molar-refractivity contribution in [2.24, 2.45) is 0 Å². The average Bonchev–Trinajstić information content (AvgIpc) is 2.83. The Bertz CT molecular complexity index is 586. The number of hydrogen-bond acceptors (Lipinski definition) is 7. The highest BCUT2D eigenvalue weighted by Gasteiger charge is 2.27. The fraction of sp³-hybridized carbons (Fsp3) is 0.636. The van der Waals surface area contributed by atoms with E-state index in [4.69, 9.17) is 0 Å². The summed E-state index contributed by atoms with van der Waals surface area (Å²) >= 11 is 2.43. The van der Waals surface area contributed by atoms with Gasteiger partial charge in [0, 0.05) is 24.4 Å². The molecule has 2 N–H and O–H groups in total. The molecule has 0 bridgehead atoms. The maximum Gasteiger partial charge on any atom is 0.304 e. The summed E-state index contributed by atoms with van der Waals surface area (Å²) in [5.74, 6) is 0.656. The number of anilines is 1. The van der Waals surface area contributed by atoms with E-state index >= 15 is 0 Å². The minimum atomic E-state index is -3.74. The third kappa shape index (κ3) is 4.83. The Balaban J connectivity index is 3.08. The smallest absolute Gasteiger partial charge is 0.304 e. The zero-order valence-electron chi connectivity index (χ0n) is 12.1. The van der Waals surface area contributed by atoms with Crippen molar-refractivity contribution in [1.29, 1.82) is 0 Å². The summed E-state index contributed by atoms with van der Waals surface area (Å²) in [5.41, 5.74) is -0.208. The summed E-state index contributed by atoms with van der Waals surface area (Å²) in [6.07, 6.45) is 2.56. The first-order chi connectivity index (χ1) is 9.85. The van der Waals surface area contributed by atoms with E-state index in [0.29, 0.717) is 18.7 Å². The Hall–Kier alpha value is -0.840. The van der Waals surface area contributed by atoms with E-state index in [1.54, 1.807) is 18.7 Å². The van der Waals surface area contributed by atoms with Gasteiger partial charge in [0.1, 0.15) is 4.21 Å². The minimum Gasteiger partial charge on any atom is -0.372 e. The number of thioether (sulfide) groups is 1. The van der Waals surface area contributed by atoms with Crippen LogP contribution in [0.4, 0.5) is 10.7 Å². The third-order valence-electron chi connectivity index (χ3n) is 2.67. The molecule has 1 aromatic rings. The number of hydrogen-bond donors (Lipinski definition) is 2. The maximum absolute atomic E-state index is 12.3. The maximum atomic E-state index is 12.3. The summed E-state index contributed by atoms with van der Waals surface area (Å²) in [5, 5.41) is 14.1. The first-order valence-electron chi connectivity index (χ1n) is 6.39. The molecule has 1 heterocycles. The van der Waals surface area contributed by atoms with Crippen molar-refractivity contribution in [3.8, 4) is 0 Å². The number of thiophene rings is 1. The summed E-state index contributed by atoms with van der Waals surface area (Å²) < 4.78 is 27.2.